The van der Waals surface area contributed by atoms with Crippen molar-refractivity contribution in [3.8, 4) is 5.75 Å². The quantitative estimate of drug-likeness (QED) is 0.580. The molecule has 138 valence electrons. The molecule has 0 atom stereocenters. The topological polar surface area (TPSA) is 73.2 Å². The van der Waals surface area contributed by atoms with Crippen LogP contribution in [-0.4, -0.2) is 28.1 Å². The van der Waals surface area contributed by atoms with Gasteiger partial charge in [0.25, 0.3) is 5.91 Å². The number of aromatic nitrogens is 2. The Hall–Kier alpha value is -2.93. The Kier molecular flexibility index (Phi) is 6.03. The van der Waals surface area contributed by atoms with Gasteiger partial charge in [-0.1, -0.05) is 34.1 Å². The molecule has 0 unspecified atom stereocenters. The van der Waals surface area contributed by atoms with Gasteiger partial charge in [0.2, 0.25) is 0 Å². The zero-order valence-electron chi connectivity index (χ0n) is 14.7. The van der Waals surface area contributed by atoms with Crippen LogP contribution in [0.2, 0.25) is 0 Å². The molecule has 1 heterocycles. The second-order valence-corrected chi connectivity index (χ2v) is 6.74. The summed E-state index contributed by atoms with van der Waals surface area (Å²) >= 11 is 3.51. The molecule has 1 amide bonds. The minimum absolute atomic E-state index is 0.0161. The van der Waals surface area contributed by atoms with Crippen LogP contribution in [0, 0.1) is 0 Å². The van der Waals surface area contributed by atoms with Crippen molar-refractivity contribution >= 4 is 33.4 Å². The lowest BCUT2D eigenvalue weighted by atomic mass is 10.1. The number of benzene rings is 2. The molecule has 0 aliphatic heterocycles. The molecule has 0 radical (unpaired) electrons. The second-order valence-electron chi connectivity index (χ2n) is 5.88. The van der Waals surface area contributed by atoms with Crippen molar-refractivity contribution in [3.05, 3.63) is 76.4 Å². The van der Waals surface area contributed by atoms with Gasteiger partial charge in [-0.15, -0.1) is 0 Å². The largest absolute Gasteiger partial charge is 0.484 e. The van der Waals surface area contributed by atoms with Crippen LogP contribution in [0.3, 0.4) is 0 Å². The predicted molar refractivity (Wildman–Crippen MR) is 106 cm³/mol. The van der Waals surface area contributed by atoms with Crippen LogP contribution < -0.4 is 10.1 Å². The molecule has 0 bridgehead atoms. The van der Waals surface area contributed by atoms with Gasteiger partial charge in [0.1, 0.15) is 11.6 Å². The monoisotopic (exact) mass is 427 g/mol. The van der Waals surface area contributed by atoms with Gasteiger partial charge < -0.3 is 10.1 Å². The van der Waals surface area contributed by atoms with E-state index >= 15 is 0 Å². The highest BCUT2D eigenvalue weighted by Gasteiger charge is 2.10. The summed E-state index contributed by atoms with van der Waals surface area (Å²) in [6.45, 7) is 1.89. The Labute approximate surface area is 165 Å². The van der Waals surface area contributed by atoms with Crippen molar-refractivity contribution in [3.63, 3.8) is 0 Å². The van der Waals surface area contributed by atoms with E-state index < -0.39 is 0 Å². The Morgan fingerprint density at radius 1 is 1.11 bits per heavy atom. The van der Waals surface area contributed by atoms with Gasteiger partial charge in [-0.25, -0.2) is 4.68 Å². The van der Waals surface area contributed by atoms with E-state index in [1.807, 2.05) is 24.3 Å². The number of Topliss-reactive ketones (excluding diaryl/α,β-unsaturated/α-hetero) is 1. The van der Waals surface area contributed by atoms with Gasteiger partial charge in [0.05, 0.1) is 12.7 Å². The Bertz CT molecular complexity index is 951. The van der Waals surface area contributed by atoms with E-state index in [-0.39, 0.29) is 18.3 Å². The van der Waals surface area contributed by atoms with Crippen molar-refractivity contribution in [2.75, 3.05) is 11.9 Å². The normalized spacial score (nSPS) is 10.4. The summed E-state index contributed by atoms with van der Waals surface area (Å²) in [6.07, 6.45) is 1.63. The molecule has 6 nitrogen and oxygen atoms in total. The fourth-order valence-electron chi connectivity index (χ4n) is 2.47. The van der Waals surface area contributed by atoms with Gasteiger partial charge in [0, 0.05) is 16.1 Å². The molecule has 1 aromatic heterocycles. The van der Waals surface area contributed by atoms with E-state index in [4.69, 9.17) is 4.74 Å². The molecular weight excluding hydrogens is 410 g/mol. The molecule has 3 rings (SSSR count). The van der Waals surface area contributed by atoms with Crippen molar-refractivity contribution in [2.24, 2.45) is 0 Å². The number of ketones is 1. The first-order valence-electron chi connectivity index (χ1n) is 8.32. The van der Waals surface area contributed by atoms with Crippen LogP contribution in [0.25, 0.3) is 0 Å². The molecule has 0 fully saturated rings. The van der Waals surface area contributed by atoms with E-state index in [9.17, 15) is 9.59 Å². The first kappa shape index (κ1) is 18.8. The molecule has 7 heteroatoms. The summed E-state index contributed by atoms with van der Waals surface area (Å²) < 4.78 is 8.16. The highest BCUT2D eigenvalue weighted by molar-refractivity contribution is 9.10. The summed E-state index contributed by atoms with van der Waals surface area (Å²) in [4.78, 5) is 23.5. The van der Waals surface area contributed by atoms with E-state index in [1.54, 1.807) is 41.2 Å². The SMILES string of the molecule is CC(=O)c1ccc(OCC(=O)Nc2ccnn2Cc2ccccc2Br)cc1. The van der Waals surface area contributed by atoms with E-state index in [2.05, 4.69) is 26.3 Å². The van der Waals surface area contributed by atoms with Crippen molar-refractivity contribution in [1.82, 2.24) is 9.78 Å². The number of carbonyl (C=O) groups excluding carboxylic acids is 2. The predicted octanol–water partition coefficient (Wildman–Crippen LogP) is 3.91. The maximum atomic E-state index is 12.2. The Morgan fingerprint density at radius 2 is 1.85 bits per heavy atom. The fourth-order valence-corrected chi connectivity index (χ4v) is 2.88. The molecule has 27 heavy (non-hydrogen) atoms. The molecule has 0 saturated carbocycles. The number of anilines is 1. The van der Waals surface area contributed by atoms with Gasteiger partial charge in [-0.2, -0.15) is 5.10 Å². The standard InChI is InChI=1S/C20H18BrN3O3/c1-14(25)15-6-8-17(9-7-15)27-13-20(26)23-19-10-11-22-24(19)12-16-4-2-3-5-18(16)21/h2-11H,12-13H2,1H3,(H,23,26). The number of nitrogens with one attached hydrogen (secondary N) is 1. The number of rotatable bonds is 7. The molecule has 1 N–H and O–H groups in total. The minimum atomic E-state index is -0.292. The van der Waals surface area contributed by atoms with E-state index in [1.165, 1.54) is 6.92 Å². The molecule has 0 saturated heterocycles. The van der Waals surface area contributed by atoms with Gasteiger partial charge in [0.15, 0.2) is 12.4 Å². The van der Waals surface area contributed by atoms with Crippen LogP contribution >= 0.6 is 15.9 Å². The Morgan fingerprint density at radius 3 is 2.56 bits per heavy atom. The zero-order valence-corrected chi connectivity index (χ0v) is 16.3. The van der Waals surface area contributed by atoms with Gasteiger partial charge in [-0.3, -0.25) is 9.59 Å². The summed E-state index contributed by atoms with van der Waals surface area (Å²) in [5.41, 5.74) is 1.65. The van der Waals surface area contributed by atoms with Crippen LogP contribution in [0.15, 0.2) is 65.3 Å². The van der Waals surface area contributed by atoms with Crippen molar-refractivity contribution < 1.29 is 14.3 Å². The first-order chi connectivity index (χ1) is 13.0. The maximum absolute atomic E-state index is 12.2. The fraction of sp³-hybridized carbons (Fsp3) is 0.150. The average molecular weight is 428 g/mol. The first-order valence-corrected chi connectivity index (χ1v) is 9.11. The number of ether oxygens (including phenoxy) is 1. The number of hydrogen-bond donors (Lipinski definition) is 1. The van der Waals surface area contributed by atoms with Crippen molar-refractivity contribution in [2.45, 2.75) is 13.5 Å². The third-order valence-corrected chi connectivity index (χ3v) is 4.67. The number of hydrogen-bond acceptors (Lipinski definition) is 4. The summed E-state index contributed by atoms with van der Waals surface area (Å²) in [6, 6.07) is 16.3. The number of halogens is 1. The molecule has 0 aliphatic rings. The third-order valence-electron chi connectivity index (χ3n) is 3.89. The van der Waals surface area contributed by atoms with Gasteiger partial charge in [-0.05, 0) is 42.8 Å². The second kappa shape index (κ2) is 8.64. The summed E-state index contributed by atoms with van der Waals surface area (Å²) in [7, 11) is 0. The highest BCUT2D eigenvalue weighted by Crippen LogP contribution is 2.19. The summed E-state index contributed by atoms with van der Waals surface area (Å²) in [5, 5.41) is 7.06. The smallest absolute Gasteiger partial charge is 0.263 e. The number of amides is 1. The van der Waals surface area contributed by atoms with Crippen LogP contribution in [0.5, 0.6) is 5.75 Å². The van der Waals surface area contributed by atoms with Crippen LogP contribution in [0.4, 0.5) is 5.82 Å². The molecule has 2 aromatic carbocycles. The lowest BCUT2D eigenvalue weighted by Crippen LogP contribution is -2.22. The number of nitrogens with zero attached hydrogens (tertiary/aromatic N) is 2. The average Bonchev–Trinajstić information content (AvgIpc) is 3.09. The molecular formula is C20H18BrN3O3. The third kappa shape index (κ3) is 5.04. The van der Waals surface area contributed by atoms with Crippen LogP contribution in [0.1, 0.15) is 22.8 Å². The lowest BCUT2D eigenvalue weighted by molar-refractivity contribution is -0.118. The molecule has 0 aliphatic carbocycles. The Balaban J connectivity index is 1.58. The van der Waals surface area contributed by atoms with Crippen molar-refractivity contribution in [1.29, 1.82) is 0 Å². The highest BCUT2D eigenvalue weighted by atomic mass is 79.9. The van der Waals surface area contributed by atoms with E-state index in [0.29, 0.717) is 23.7 Å². The maximum Gasteiger partial charge on any atom is 0.263 e. The summed E-state index contributed by atoms with van der Waals surface area (Å²) in [5.74, 6) is 0.806. The number of carbonyl (C=O) groups is 2. The lowest BCUT2D eigenvalue weighted by Gasteiger charge is -2.11. The molecule has 3 aromatic rings. The van der Waals surface area contributed by atoms with Crippen LogP contribution in [-0.2, 0) is 11.3 Å². The van der Waals surface area contributed by atoms with Gasteiger partial charge >= 0.3 is 0 Å². The zero-order chi connectivity index (χ0) is 19.2. The molecule has 0 spiro atoms. The minimum Gasteiger partial charge on any atom is -0.484 e. The van der Waals surface area contributed by atoms with E-state index in [0.717, 1.165) is 10.0 Å².